The van der Waals surface area contributed by atoms with Crippen molar-refractivity contribution in [2.75, 3.05) is 25.0 Å². The van der Waals surface area contributed by atoms with Crippen molar-refractivity contribution in [3.05, 3.63) is 35.1 Å². The van der Waals surface area contributed by atoms with Gasteiger partial charge in [0.2, 0.25) is 11.8 Å². The van der Waals surface area contributed by atoms with Crippen LogP contribution in [0.3, 0.4) is 0 Å². The fourth-order valence-corrected chi connectivity index (χ4v) is 7.05. The maximum atomic E-state index is 13.0. The SMILES string of the molecule is CC(=O)NCCNC(=O)C[C@H]1c2nc(Nc3cccnc3)sc2C[C@H]2[C@](C)(CO)[C@H](O)CC[C@]21C. The highest BCUT2D eigenvalue weighted by Crippen LogP contribution is 2.62. The second kappa shape index (κ2) is 10.2. The molecule has 5 N–H and O–H groups in total. The van der Waals surface area contributed by atoms with Gasteiger partial charge < -0.3 is 26.2 Å². The van der Waals surface area contributed by atoms with Gasteiger partial charge in [-0.25, -0.2) is 4.98 Å². The summed E-state index contributed by atoms with van der Waals surface area (Å²) in [6.07, 6.45) is 5.14. The van der Waals surface area contributed by atoms with Gasteiger partial charge in [0, 0.05) is 48.8 Å². The molecule has 0 aliphatic heterocycles. The number of thiazole rings is 1. The number of pyridine rings is 1. The van der Waals surface area contributed by atoms with Crippen LogP contribution in [0.4, 0.5) is 10.8 Å². The van der Waals surface area contributed by atoms with Crippen molar-refractivity contribution < 1.29 is 19.8 Å². The van der Waals surface area contributed by atoms with Crippen LogP contribution in [0.25, 0.3) is 0 Å². The summed E-state index contributed by atoms with van der Waals surface area (Å²) in [5.74, 6) is -0.386. The van der Waals surface area contributed by atoms with Gasteiger partial charge in [0.15, 0.2) is 5.13 Å². The number of aliphatic hydroxyl groups excluding tert-OH is 2. The number of nitrogens with zero attached hydrogens (tertiary/aromatic N) is 2. The molecule has 2 amide bonds. The minimum Gasteiger partial charge on any atom is -0.396 e. The molecule has 2 aliphatic rings. The molecule has 2 aliphatic carbocycles. The van der Waals surface area contributed by atoms with E-state index >= 15 is 0 Å². The van der Waals surface area contributed by atoms with Gasteiger partial charge in [0.1, 0.15) is 0 Å². The van der Waals surface area contributed by atoms with Crippen molar-refractivity contribution in [1.29, 1.82) is 0 Å². The predicted molar refractivity (Wildman–Crippen MR) is 134 cm³/mol. The smallest absolute Gasteiger partial charge is 0.220 e. The number of rotatable bonds is 8. The van der Waals surface area contributed by atoms with Gasteiger partial charge in [-0.3, -0.25) is 14.6 Å². The van der Waals surface area contributed by atoms with Crippen molar-refractivity contribution in [2.45, 2.75) is 58.5 Å². The Bertz CT molecular complexity index is 1060. The Kier molecular flexibility index (Phi) is 7.44. The number of nitrogens with one attached hydrogen (secondary N) is 3. The van der Waals surface area contributed by atoms with Crippen molar-refractivity contribution in [2.24, 2.45) is 16.7 Å². The van der Waals surface area contributed by atoms with Crippen LogP contribution in [0, 0.1) is 16.7 Å². The zero-order valence-electron chi connectivity index (χ0n) is 20.5. The summed E-state index contributed by atoms with van der Waals surface area (Å²) in [4.78, 5) is 34.3. The molecule has 0 saturated heterocycles. The number of carbonyl (C=O) groups excluding carboxylic acids is 2. The van der Waals surface area contributed by atoms with Gasteiger partial charge in [0.05, 0.1) is 30.3 Å². The molecule has 2 aromatic rings. The summed E-state index contributed by atoms with van der Waals surface area (Å²) in [6.45, 7) is 6.21. The van der Waals surface area contributed by atoms with E-state index in [1.807, 2.05) is 19.1 Å². The lowest BCUT2D eigenvalue weighted by Gasteiger charge is -2.58. The lowest BCUT2D eigenvalue weighted by Crippen LogP contribution is -2.57. The van der Waals surface area contributed by atoms with E-state index in [0.29, 0.717) is 25.9 Å². The molecule has 0 aromatic carbocycles. The number of anilines is 2. The highest BCUT2D eigenvalue weighted by Gasteiger charge is 2.59. The quantitative estimate of drug-likeness (QED) is 0.350. The second-order valence-corrected chi connectivity index (χ2v) is 11.3. The standard InChI is InChI=1S/C25H35N5O4S/c1-15(32)27-9-10-28-21(34)11-17-22-18(35-23(30-22)29-16-5-4-8-26-13-16)12-19-24(17,2)7-6-20(33)25(19,3)14-31/h4-5,8,13,17,19-20,31,33H,6-7,9-12,14H2,1-3H3,(H,27,32)(H,28,34)(H,29,30)/t17-,19+,20+,24-,25-/m0/s1. The Labute approximate surface area is 209 Å². The summed E-state index contributed by atoms with van der Waals surface area (Å²) in [6, 6.07) is 3.78. The first kappa shape index (κ1) is 25.5. The normalized spacial score (nSPS) is 29.6. The van der Waals surface area contributed by atoms with E-state index in [-0.39, 0.29) is 42.1 Å². The van der Waals surface area contributed by atoms with Crippen LogP contribution < -0.4 is 16.0 Å². The zero-order valence-corrected chi connectivity index (χ0v) is 21.3. The molecule has 1 saturated carbocycles. The van der Waals surface area contributed by atoms with Crippen LogP contribution >= 0.6 is 11.3 Å². The maximum absolute atomic E-state index is 13.0. The van der Waals surface area contributed by atoms with E-state index in [1.165, 1.54) is 6.92 Å². The fourth-order valence-electron chi connectivity index (χ4n) is 5.96. The van der Waals surface area contributed by atoms with E-state index in [0.717, 1.165) is 27.8 Å². The minimum absolute atomic E-state index is 0.000112. The molecule has 0 radical (unpaired) electrons. The Balaban J connectivity index is 1.64. The van der Waals surface area contributed by atoms with Crippen molar-refractivity contribution in [1.82, 2.24) is 20.6 Å². The van der Waals surface area contributed by atoms with Gasteiger partial charge in [-0.1, -0.05) is 13.8 Å². The number of amides is 2. The predicted octanol–water partition coefficient (Wildman–Crippen LogP) is 2.34. The van der Waals surface area contributed by atoms with Crippen molar-refractivity contribution in [3.63, 3.8) is 0 Å². The lowest BCUT2D eigenvalue weighted by atomic mass is 9.47. The molecule has 35 heavy (non-hydrogen) atoms. The average Bonchev–Trinajstić information content (AvgIpc) is 3.23. The molecule has 2 heterocycles. The van der Waals surface area contributed by atoms with E-state index in [1.54, 1.807) is 23.7 Å². The highest BCUT2D eigenvalue weighted by molar-refractivity contribution is 7.15. The number of hydrogen-bond donors (Lipinski definition) is 5. The van der Waals surface area contributed by atoms with Gasteiger partial charge in [0.25, 0.3) is 0 Å². The molecule has 4 rings (SSSR count). The topological polar surface area (TPSA) is 136 Å². The van der Waals surface area contributed by atoms with Crippen LogP contribution in [0.15, 0.2) is 24.5 Å². The van der Waals surface area contributed by atoms with Gasteiger partial charge in [-0.2, -0.15) is 0 Å². The van der Waals surface area contributed by atoms with E-state index < -0.39 is 11.5 Å². The monoisotopic (exact) mass is 501 g/mol. The molecule has 0 bridgehead atoms. The Morgan fingerprint density at radius 1 is 1.26 bits per heavy atom. The van der Waals surface area contributed by atoms with Gasteiger partial charge in [-0.05, 0) is 42.7 Å². The molecule has 0 spiro atoms. The molecule has 1 fully saturated rings. The van der Waals surface area contributed by atoms with Gasteiger partial charge >= 0.3 is 0 Å². The average molecular weight is 502 g/mol. The highest BCUT2D eigenvalue weighted by atomic mass is 32.1. The fraction of sp³-hybridized carbons (Fsp3) is 0.600. The third-order valence-electron chi connectivity index (χ3n) is 8.02. The number of carbonyl (C=O) groups is 2. The molecular formula is C25H35N5O4S. The van der Waals surface area contributed by atoms with Crippen molar-refractivity contribution >= 4 is 34.0 Å². The molecule has 10 heteroatoms. The Hall–Kier alpha value is -2.56. The molecule has 5 atom stereocenters. The minimum atomic E-state index is -0.661. The summed E-state index contributed by atoms with van der Waals surface area (Å²) < 4.78 is 0. The van der Waals surface area contributed by atoms with Crippen LogP contribution in [0.5, 0.6) is 0 Å². The molecule has 190 valence electrons. The number of hydrogen-bond acceptors (Lipinski definition) is 8. The number of aromatic nitrogens is 2. The molecule has 0 unspecified atom stereocenters. The summed E-state index contributed by atoms with van der Waals surface area (Å²) >= 11 is 1.56. The van der Waals surface area contributed by atoms with Crippen LogP contribution in [0.1, 0.15) is 56.5 Å². The molecule has 9 nitrogen and oxygen atoms in total. The third-order valence-corrected chi connectivity index (χ3v) is 9.03. The second-order valence-electron chi connectivity index (χ2n) is 10.3. The van der Waals surface area contributed by atoms with E-state index in [4.69, 9.17) is 4.98 Å². The van der Waals surface area contributed by atoms with Crippen LogP contribution in [-0.2, 0) is 16.0 Å². The first-order valence-electron chi connectivity index (χ1n) is 12.1. The molecule has 2 aromatic heterocycles. The van der Waals surface area contributed by atoms with E-state index in [9.17, 15) is 19.8 Å². The summed E-state index contributed by atoms with van der Waals surface area (Å²) in [5, 5.41) is 30.9. The Morgan fingerprint density at radius 2 is 2.03 bits per heavy atom. The molecular weight excluding hydrogens is 466 g/mol. The van der Waals surface area contributed by atoms with Crippen molar-refractivity contribution in [3.8, 4) is 0 Å². The zero-order chi connectivity index (χ0) is 25.2. The third kappa shape index (κ3) is 5.05. The lowest BCUT2D eigenvalue weighted by molar-refractivity contribution is -0.144. The van der Waals surface area contributed by atoms with Gasteiger partial charge in [-0.15, -0.1) is 11.3 Å². The summed E-state index contributed by atoms with van der Waals surface area (Å²) in [5.41, 5.74) is 0.795. The van der Waals surface area contributed by atoms with Crippen LogP contribution in [-0.4, -0.2) is 57.8 Å². The number of fused-ring (bicyclic) bond motifs is 2. The maximum Gasteiger partial charge on any atom is 0.220 e. The largest absolute Gasteiger partial charge is 0.396 e. The number of aliphatic hydroxyl groups is 2. The Morgan fingerprint density at radius 3 is 2.71 bits per heavy atom. The first-order chi connectivity index (χ1) is 16.7. The summed E-state index contributed by atoms with van der Waals surface area (Å²) in [7, 11) is 0. The first-order valence-corrected chi connectivity index (χ1v) is 13.0. The van der Waals surface area contributed by atoms with E-state index in [2.05, 4.69) is 27.9 Å². The van der Waals surface area contributed by atoms with Crippen LogP contribution in [0.2, 0.25) is 0 Å².